The van der Waals surface area contributed by atoms with Crippen molar-refractivity contribution in [2.24, 2.45) is 0 Å². The lowest BCUT2D eigenvalue weighted by Gasteiger charge is -2.08. The van der Waals surface area contributed by atoms with Gasteiger partial charge in [0.05, 0.1) is 15.9 Å². The minimum atomic E-state index is -0.917. The summed E-state index contributed by atoms with van der Waals surface area (Å²) in [5.74, 6) is -1.51. The largest absolute Gasteiger partial charge is 0.487 e. The number of aryl methyl sites for hydroxylation is 2. The number of benzene rings is 1. The molecule has 0 atom stereocenters. The second kappa shape index (κ2) is 6.35. The van der Waals surface area contributed by atoms with Crippen molar-refractivity contribution in [1.82, 2.24) is 9.78 Å². The monoisotopic (exact) mass is 344 g/mol. The van der Waals surface area contributed by atoms with Crippen molar-refractivity contribution in [3.05, 3.63) is 45.7 Å². The maximum absolute atomic E-state index is 13.1. The fourth-order valence-corrected chi connectivity index (χ4v) is 2.55. The van der Waals surface area contributed by atoms with Crippen LogP contribution in [0, 0.1) is 11.6 Å². The minimum Gasteiger partial charge on any atom is -0.487 e. The highest BCUT2D eigenvalue weighted by Gasteiger charge is 2.14. The number of hydrogen-bond acceptors (Lipinski definition) is 2. The summed E-state index contributed by atoms with van der Waals surface area (Å²) < 4.78 is 34.2. The van der Waals surface area contributed by atoms with Crippen LogP contribution in [0.1, 0.15) is 25.2 Å². The third kappa shape index (κ3) is 3.00. The fourth-order valence-electron chi connectivity index (χ4n) is 1.87. The summed E-state index contributed by atoms with van der Waals surface area (Å²) >= 11 is 3.51. The topological polar surface area (TPSA) is 27.1 Å². The van der Waals surface area contributed by atoms with Crippen LogP contribution in [0.5, 0.6) is 5.75 Å². The van der Waals surface area contributed by atoms with Crippen LogP contribution in [0.2, 0.25) is 0 Å². The number of ether oxygens (including phenoxy) is 1. The Bertz CT molecular complexity index is 613. The van der Waals surface area contributed by atoms with Gasteiger partial charge in [0, 0.05) is 12.6 Å². The van der Waals surface area contributed by atoms with Gasteiger partial charge in [-0.15, -0.1) is 0 Å². The number of hydrogen-bond donors (Lipinski definition) is 0. The van der Waals surface area contributed by atoms with E-state index in [9.17, 15) is 8.78 Å². The lowest BCUT2D eigenvalue weighted by Crippen LogP contribution is -2.06. The SMILES string of the molecule is CCc1nn(CC)c(COc2ccc(F)c(F)c2)c1Br. The van der Waals surface area contributed by atoms with E-state index in [1.807, 2.05) is 18.5 Å². The predicted molar refractivity (Wildman–Crippen MR) is 75.7 cm³/mol. The zero-order valence-electron chi connectivity index (χ0n) is 11.3. The standard InChI is InChI=1S/C14H15BrF2N2O/c1-3-12-14(15)13(19(4-2)18-12)8-20-9-5-6-10(16)11(17)7-9/h5-7H,3-4,8H2,1-2H3. The van der Waals surface area contributed by atoms with Gasteiger partial charge < -0.3 is 4.74 Å². The van der Waals surface area contributed by atoms with Crippen molar-refractivity contribution in [3.8, 4) is 5.75 Å². The molecule has 0 saturated carbocycles. The molecule has 0 radical (unpaired) electrons. The summed E-state index contributed by atoms with van der Waals surface area (Å²) in [5, 5.41) is 4.45. The molecule has 6 heteroatoms. The summed E-state index contributed by atoms with van der Waals surface area (Å²) in [6.07, 6.45) is 0.811. The molecule has 1 aromatic carbocycles. The Morgan fingerprint density at radius 3 is 2.60 bits per heavy atom. The van der Waals surface area contributed by atoms with Crippen molar-refractivity contribution < 1.29 is 13.5 Å². The molecule has 2 aromatic rings. The Morgan fingerprint density at radius 1 is 1.25 bits per heavy atom. The van der Waals surface area contributed by atoms with E-state index in [0.29, 0.717) is 0 Å². The highest BCUT2D eigenvalue weighted by molar-refractivity contribution is 9.10. The molecule has 0 unspecified atom stereocenters. The molecule has 108 valence electrons. The van der Waals surface area contributed by atoms with Crippen LogP contribution in [0.15, 0.2) is 22.7 Å². The molecule has 1 heterocycles. The zero-order chi connectivity index (χ0) is 14.7. The van der Waals surface area contributed by atoms with Gasteiger partial charge in [0.1, 0.15) is 12.4 Å². The lowest BCUT2D eigenvalue weighted by molar-refractivity contribution is 0.289. The predicted octanol–water partition coefficient (Wildman–Crippen LogP) is 4.09. The summed E-state index contributed by atoms with van der Waals surface area (Å²) in [4.78, 5) is 0. The van der Waals surface area contributed by atoms with Gasteiger partial charge in [-0.3, -0.25) is 4.68 Å². The average molecular weight is 345 g/mol. The Labute approximate surface area is 124 Å². The van der Waals surface area contributed by atoms with Gasteiger partial charge >= 0.3 is 0 Å². The van der Waals surface area contributed by atoms with Gasteiger partial charge in [-0.2, -0.15) is 5.10 Å². The number of aromatic nitrogens is 2. The molecule has 1 aromatic heterocycles. The van der Waals surface area contributed by atoms with Gasteiger partial charge in [0.25, 0.3) is 0 Å². The summed E-state index contributed by atoms with van der Waals surface area (Å²) in [7, 11) is 0. The van der Waals surface area contributed by atoms with Crippen LogP contribution in [-0.4, -0.2) is 9.78 Å². The average Bonchev–Trinajstić information content (AvgIpc) is 2.76. The third-order valence-corrected chi connectivity index (χ3v) is 3.88. The first-order chi connectivity index (χ1) is 9.56. The third-order valence-electron chi connectivity index (χ3n) is 2.96. The Kier molecular flexibility index (Phi) is 4.75. The molecule has 0 spiro atoms. The van der Waals surface area contributed by atoms with Crippen molar-refractivity contribution in [2.45, 2.75) is 33.4 Å². The van der Waals surface area contributed by atoms with Crippen LogP contribution >= 0.6 is 15.9 Å². The normalized spacial score (nSPS) is 10.8. The maximum atomic E-state index is 13.1. The molecule has 0 fully saturated rings. The van der Waals surface area contributed by atoms with Crippen LogP contribution in [0.25, 0.3) is 0 Å². The molecule has 0 aliphatic rings. The van der Waals surface area contributed by atoms with Crippen molar-refractivity contribution in [3.63, 3.8) is 0 Å². The van der Waals surface area contributed by atoms with E-state index < -0.39 is 11.6 Å². The van der Waals surface area contributed by atoms with Gasteiger partial charge in [0.2, 0.25) is 0 Å². The molecule has 0 bridgehead atoms. The van der Waals surface area contributed by atoms with Gasteiger partial charge in [-0.1, -0.05) is 6.92 Å². The van der Waals surface area contributed by atoms with E-state index in [1.54, 1.807) is 0 Å². The molecule has 0 aliphatic carbocycles. The van der Waals surface area contributed by atoms with Gasteiger partial charge in [0.15, 0.2) is 11.6 Å². The van der Waals surface area contributed by atoms with E-state index in [-0.39, 0.29) is 12.4 Å². The first-order valence-electron chi connectivity index (χ1n) is 6.38. The number of nitrogens with zero attached hydrogens (tertiary/aromatic N) is 2. The molecule has 3 nitrogen and oxygen atoms in total. The first-order valence-corrected chi connectivity index (χ1v) is 7.18. The Morgan fingerprint density at radius 2 is 2.00 bits per heavy atom. The zero-order valence-corrected chi connectivity index (χ0v) is 12.9. The van der Waals surface area contributed by atoms with Crippen LogP contribution in [-0.2, 0) is 19.6 Å². The van der Waals surface area contributed by atoms with Crippen molar-refractivity contribution >= 4 is 15.9 Å². The second-order valence-corrected chi connectivity index (χ2v) is 5.03. The second-order valence-electron chi connectivity index (χ2n) is 4.24. The van der Waals surface area contributed by atoms with Crippen LogP contribution in [0.3, 0.4) is 0 Å². The fraction of sp³-hybridized carbons (Fsp3) is 0.357. The summed E-state index contributed by atoms with van der Waals surface area (Å²) in [6, 6.07) is 3.49. The highest BCUT2D eigenvalue weighted by Crippen LogP contribution is 2.24. The maximum Gasteiger partial charge on any atom is 0.162 e. The lowest BCUT2D eigenvalue weighted by atomic mass is 10.3. The quantitative estimate of drug-likeness (QED) is 0.816. The van der Waals surface area contributed by atoms with Gasteiger partial charge in [-0.25, -0.2) is 8.78 Å². The first kappa shape index (κ1) is 15.0. The minimum absolute atomic E-state index is 0.243. The Hall–Kier alpha value is -1.43. The van der Waals surface area contributed by atoms with Crippen LogP contribution < -0.4 is 4.74 Å². The van der Waals surface area contributed by atoms with Crippen molar-refractivity contribution in [1.29, 1.82) is 0 Å². The molecule has 0 aliphatic heterocycles. The Balaban J connectivity index is 2.17. The smallest absolute Gasteiger partial charge is 0.162 e. The molecule has 2 rings (SSSR count). The molecular weight excluding hydrogens is 330 g/mol. The molecule has 0 amide bonds. The molecule has 0 N–H and O–H groups in total. The van der Waals surface area contributed by atoms with E-state index >= 15 is 0 Å². The molecule has 20 heavy (non-hydrogen) atoms. The van der Waals surface area contributed by atoms with E-state index in [4.69, 9.17) is 4.74 Å². The van der Waals surface area contributed by atoms with Crippen LogP contribution in [0.4, 0.5) is 8.78 Å². The van der Waals surface area contributed by atoms with Gasteiger partial charge in [-0.05, 0) is 41.4 Å². The number of rotatable bonds is 5. The number of halogens is 3. The summed E-state index contributed by atoms with van der Waals surface area (Å²) in [6.45, 7) is 4.97. The van der Waals surface area contributed by atoms with E-state index in [2.05, 4.69) is 21.0 Å². The molecule has 0 saturated heterocycles. The van der Waals surface area contributed by atoms with Crippen molar-refractivity contribution in [2.75, 3.05) is 0 Å². The summed E-state index contributed by atoms with van der Waals surface area (Å²) in [5.41, 5.74) is 1.84. The van der Waals surface area contributed by atoms with E-state index in [1.165, 1.54) is 6.07 Å². The van der Waals surface area contributed by atoms with E-state index in [0.717, 1.165) is 41.0 Å². The highest BCUT2D eigenvalue weighted by atomic mass is 79.9. The molecular formula is C14H15BrF2N2O.